The van der Waals surface area contributed by atoms with Crippen LogP contribution >= 0.6 is 11.3 Å². The second-order valence-corrected chi connectivity index (χ2v) is 7.64. The third kappa shape index (κ3) is 6.28. The number of anilines is 1. The molecule has 0 fully saturated rings. The van der Waals surface area contributed by atoms with Gasteiger partial charge in [-0.15, -0.1) is 11.3 Å². The van der Waals surface area contributed by atoms with Crippen molar-refractivity contribution in [1.29, 1.82) is 0 Å². The fraction of sp³-hybridized carbons (Fsp3) is 0.273. The van der Waals surface area contributed by atoms with E-state index in [2.05, 4.69) is 10.3 Å². The Kier molecular flexibility index (Phi) is 7.29. The SMILES string of the molecule is COCCOc1cc(C)ccc1NC(=O)Cc1csc(-c2ccc(C(F)(F)F)cc2)n1. The first-order chi connectivity index (χ1) is 14.8. The molecule has 0 atom stereocenters. The van der Waals surface area contributed by atoms with Crippen molar-refractivity contribution in [2.45, 2.75) is 19.5 Å². The number of amides is 1. The van der Waals surface area contributed by atoms with E-state index in [4.69, 9.17) is 9.47 Å². The Hall–Kier alpha value is -2.91. The lowest BCUT2D eigenvalue weighted by Gasteiger charge is -2.13. The van der Waals surface area contributed by atoms with Crippen LogP contribution < -0.4 is 10.1 Å². The largest absolute Gasteiger partial charge is 0.489 e. The summed E-state index contributed by atoms with van der Waals surface area (Å²) in [6.07, 6.45) is -4.35. The van der Waals surface area contributed by atoms with Gasteiger partial charge in [-0.2, -0.15) is 13.2 Å². The number of aromatic nitrogens is 1. The number of alkyl halides is 3. The van der Waals surface area contributed by atoms with E-state index in [1.807, 2.05) is 19.1 Å². The first-order valence-electron chi connectivity index (χ1n) is 9.40. The lowest BCUT2D eigenvalue weighted by molar-refractivity contribution is -0.137. The van der Waals surface area contributed by atoms with Crippen LogP contribution in [0.5, 0.6) is 5.75 Å². The molecule has 0 spiro atoms. The van der Waals surface area contributed by atoms with Gasteiger partial charge >= 0.3 is 6.18 Å². The Labute approximate surface area is 181 Å². The molecule has 31 heavy (non-hydrogen) atoms. The van der Waals surface area contributed by atoms with Gasteiger partial charge in [-0.25, -0.2) is 4.98 Å². The molecule has 3 rings (SSSR count). The lowest BCUT2D eigenvalue weighted by Crippen LogP contribution is -2.16. The van der Waals surface area contributed by atoms with Gasteiger partial charge in [-0.3, -0.25) is 4.79 Å². The summed E-state index contributed by atoms with van der Waals surface area (Å²) in [5.74, 6) is 0.277. The zero-order valence-corrected chi connectivity index (χ0v) is 17.8. The zero-order chi connectivity index (χ0) is 22.4. The minimum absolute atomic E-state index is 0.0303. The van der Waals surface area contributed by atoms with Gasteiger partial charge in [0.15, 0.2) is 0 Å². The number of halogens is 3. The Morgan fingerprint density at radius 2 is 1.87 bits per heavy atom. The van der Waals surface area contributed by atoms with Crippen molar-refractivity contribution in [3.8, 4) is 16.3 Å². The number of nitrogens with one attached hydrogen (secondary N) is 1. The number of hydrogen-bond donors (Lipinski definition) is 1. The molecule has 164 valence electrons. The van der Waals surface area contributed by atoms with E-state index in [0.29, 0.717) is 40.9 Å². The van der Waals surface area contributed by atoms with Gasteiger partial charge in [-0.05, 0) is 36.8 Å². The number of thiazole rings is 1. The maximum atomic E-state index is 12.7. The molecule has 1 amide bonds. The molecule has 0 bridgehead atoms. The highest BCUT2D eigenvalue weighted by Crippen LogP contribution is 2.32. The van der Waals surface area contributed by atoms with E-state index in [1.165, 1.54) is 23.5 Å². The molecular weight excluding hydrogens is 429 g/mol. The molecule has 0 aliphatic rings. The van der Waals surface area contributed by atoms with E-state index in [1.54, 1.807) is 18.6 Å². The van der Waals surface area contributed by atoms with Crippen molar-refractivity contribution in [3.05, 3.63) is 64.7 Å². The van der Waals surface area contributed by atoms with Crippen LogP contribution in [0, 0.1) is 6.92 Å². The molecule has 2 aromatic carbocycles. The van der Waals surface area contributed by atoms with Gasteiger partial charge in [0.25, 0.3) is 0 Å². The van der Waals surface area contributed by atoms with Crippen LogP contribution in [-0.2, 0) is 22.1 Å². The highest BCUT2D eigenvalue weighted by atomic mass is 32.1. The first-order valence-corrected chi connectivity index (χ1v) is 10.3. The van der Waals surface area contributed by atoms with Gasteiger partial charge in [0.1, 0.15) is 17.4 Å². The highest BCUT2D eigenvalue weighted by molar-refractivity contribution is 7.13. The molecule has 0 aliphatic heterocycles. The average molecular weight is 450 g/mol. The molecule has 1 N–H and O–H groups in total. The fourth-order valence-electron chi connectivity index (χ4n) is 2.77. The number of aryl methyl sites for hydroxylation is 1. The van der Waals surface area contributed by atoms with Crippen molar-refractivity contribution < 1.29 is 27.4 Å². The van der Waals surface area contributed by atoms with Gasteiger partial charge < -0.3 is 14.8 Å². The van der Waals surface area contributed by atoms with Crippen molar-refractivity contribution >= 4 is 22.9 Å². The Balaban J connectivity index is 1.65. The molecular formula is C22H21F3N2O3S. The highest BCUT2D eigenvalue weighted by Gasteiger charge is 2.30. The fourth-order valence-corrected chi connectivity index (χ4v) is 3.59. The van der Waals surface area contributed by atoms with E-state index in [-0.39, 0.29) is 12.3 Å². The van der Waals surface area contributed by atoms with E-state index in [9.17, 15) is 18.0 Å². The summed E-state index contributed by atoms with van der Waals surface area (Å²) in [6, 6.07) is 10.3. The third-order valence-electron chi connectivity index (χ3n) is 4.31. The van der Waals surface area contributed by atoms with E-state index < -0.39 is 11.7 Å². The first kappa shape index (κ1) is 22.8. The molecule has 1 heterocycles. The van der Waals surface area contributed by atoms with Crippen LogP contribution in [0.3, 0.4) is 0 Å². The van der Waals surface area contributed by atoms with Crippen molar-refractivity contribution in [3.63, 3.8) is 0 Å². The number of carbonyl (C=O) groups excluding carboxylic acids is 1. The summed E-state index contributed by atoms with van der Waals surface area (Å²) in [4.78, 5) is 16.9. The van der Waals surface area contributed by atoms with Crippen LogP contribution in [-0.4, -0.2) is 31.2 Å². The molecule has 9 heteroatoms. The van der Waals surface area contributed by atoms with Crippen LogP contribution in [0.25, 0.3) is 10.6 Å². The summed E-state index contributed by atoms with van der Waals surface area (Å²) < 4.78 is 48.8. The number of rotatable bonds is 8. The predicted molar refractivity (Wildman–Crippen MR) is 113 cm³/mol. The molecule has 5 nitrogen and oxygen atoms in total. The topological polar surface area (TPSA) is 60.5 Å². The van der Waals surface area contributed by atoms with Gasteiger partial charge in [0.05, 0.1) is 30.0 Å². The van der Waals surface area contributed by atoms with E-state index >= 15 is 0 Å². The summed E-state index contributed by atoms with van der Waals surface area (Å²) >= 11 is 1.27. The quantitative estimate of drug-likeness (QED) is 0.471. The molecule has 0 saturated heterocycles. The minimum Gasteiger partial charge on any atom is -0.489 e. The van der Waals surface area contributed by atoms with Gasteiger partial charge in [0.2, 0.25) is 5.91 Å². The smallest absolute Gasteiger partial charge is 0.416 e. The predicted octanol–water partition coefficient (Wildman–Crippen LogP) is 5.34. The molecule has 0 radical (unpaired) electrons. The minimum atomic E-state index is -4.38. The number of carbonyl (C=O) groups is 1. The van der Waals surface area contributed by atoms with Crippen molar-refractivity contribution in [2.24, 2.45) is 0 Å². The number of methoxy groups -OCH3 is 1. The monoisotopic (exact) mass is 450 g/mol. The summed E-state index contributed by atoms with van der Waals surface area (Å²) in [6.45, 7) is 2.70. The summed E-state index contributed by atoms with van der Waals surface area (Å²) in [5, 5.41) is 5.09. The Morgan fingerprint density at radius 1 is 1.13 bits per heavy atom. The van der Waals surface area contributed by atoms with Crippen LogP contribution in [0.15, 0.2) is 47.8 Å². The van der Waals surface area contributed by atoms with Crippen LogP contribution in [0.2, 0.25) is 0 Å². The van der Waals surface area contributed by atoms with Gasteiger partial charge in [0, 0.05) is 18.1 Å². The molecule has 1 aromatic heterocycles. The maximum Gasteiger partial charge on any atom is 0.416 e. The van der Waals surface area contributed by atoms with Crippen molar-refractivity contribution in [1.82, 2.24) is 4.98 Å². The van der Waals surface area contributed by atoms with Crippen LogP contribution in [0.4, 0.5) is 18.9 Å². The molecule has 0 aliphatic carbocycles. The second-order valence-electron chi connectivity index (χ2n) is 6.78. The third-order valence-corrected chi connectivity index (χ3v) is 5.25. The zero-order valence-electron chi connectivity index (χ0n) is 17.0. The lowest BCUT2D eigenvalue weighted by atomic mass is 10.1. The number of benzene rings is 2. The molecule has 0 unspecified atom stereocenters. The molecule has 3 aromatic rings. The van der Waals surface area contributed by atoms with Gasteiger partial charge in [-0.1, -0.05) is 18.2 Å². The summed E-state index contributed by atoms with van der Waals surface area (Å²) in [5.41, 5.74) is 1.92. The van der Waals surface area contributed by atoms with E-state index in [0.717, 1.165) is 17.7 Å². The standard InChI is InChI=1S/C22H21F3N2O3S/c1-14-3-8-18(19(11-14)30-10-9-29-2)27-20(28)12-17-13-31-21(26-17)15-4-6-16(7-5-15)22(23,24)25/h3-8,11,13H,9-10,12H2,1-2H3,(H,27,28). The number of ether oxygens (including phenoxy) is 2. The van der Waals surface area contributed by atoms with Crippen LogP contribution in [0.1, 0.15) is 16.8 Å². The Morgan fingerprint density at radius 3 is 2.55 bits per heavy atom. The summed E-state index contributed by atoms with van der Waals surface area (Å²) in [7, 11) is 1.58. The average Bonchev–Trinajstić information content (AvgIpc) is 3.18. The number of hydrogen-bond acceptors (Lipinski definition) is 5. The Bertz CT molecular complexity index is 1030. The maximum absolute atomic E-state index is 12.7. The normalized spacial score (nSPS) is 11.4. The van der Waals surface area contributed by atoms with Crippen molar-refractivity contribution in [2.75, 3.05) is 25.6 Å². The number of nitrogens with zero attached hydrogens (tertiary/aromatic N) is 1. The molecule has 0 saturated carbocycles. The second kappa shape index (κ2) is 9.93.